The number of aryl methyl sites for hydroxylation is 1. The lowest BCUT2D eigenvalue weighted by atomic mass is 9.94. The van der Waals surface area contributed by atoms with Crippen LogP contribution in [-0.4, -0.2) is 33.8 Å². The average molecular weight is 334 g/mol. The highest BCUT2D eigenvalue weighted by Crippen LogP contribution is 2.47. The molecule has 3 aliphatic rings. The largest absolute Gasteiger partial charge is 0.462 e. The van der Waals surface area contributed by atoms with Gasteiger partial charge < -0.3 is 14.2 Å². The number of aromatic nitrogens is 2. The molecule has 3 heterocycles. The normalized spacial score (nSPS) is 27.7. The minimum atomic E-state index is -0.865. The van der Waals surface area contributed by atoms with Crippen LogP contribution < -0.4 is 11.2 Å². The van der Waals surface area contributed by atoms with Gasteiger partial charge in [-0.1, -0.05) is 6.42 Å². The molecule has 1 spiro atoms. The molecule has 1 aliphatic carbocycles. The van der Waals surface area contributed by atoms with Gasteiger partial charge in [-0.3, -0.25) is 14.6 Å². The number of carbonyl (C=O) groups is 1. The van der Waals surface area contributed by atoms with Crippen LogP contribution in [0.1, 0.15) is 37.7 Å². The van der Waals surface area contributed by atoms with Gasteiger partial charge in [0, 0.05) is 24.6 Å². The highest BCUT2D eigenvalue weighted by atomic mass is 16.8. The summed E-state index contributed by atoms with van der Waals surface area (Å²) in [6.07, 6.45) is 5.08. The van der Waals surface area contributed by atoms with Gasteiger partial charge >= 0.3 is 5.69 Å². The lowest BCUT2D eigenvalue weighted by Crippen LogP contribution is -2.37. The Hall–Kier alpha value is -2.35. The monoisotopic (exact) mass is 334 g/mol. The first-order chi connectivity index (χ1) is 11.5. The fourth-order valence-corrected chi connectivity index (χ4v) is 3.50. The molecule has 8 nitrogen and oxygen atoms in total. The van der Waals surface area contributed by atoms with Gasteiger partial charge in [-0.25, -0.2) is 9.36 Å². The fraction of sp³-hybridized carbons (Fsp3) is 0.562. The number of ether oxygens (including phenoxy) is 3. The van der Waals surface area contributed by atoms with E-state index in [0.717, 1.165) is 36.7 Å². The molecule has 0 bridgehead atoms. The maximum Gasteiger partial charge on any atom is 0.335 e. The van der Waals surface area contributed by atoms with Gasteiger partial charge in [0.15, 0.2) is 24.3 Å². The van der Waals surface area contributed by atoms with E-state index in [9.17, 15) is 14.4 Å². The van der Waals surface area contributed by atoms with Gasteiger partial charge in [-0.05, 0) is 19.8 Å². The molecule has 128 valence electrons. The third-order valence-electron chi connectivity index (χ3n) is 4.74. The summed E-state index contributed by atoms with van der Waals surface area (Å²) in [6.45, 7) is 1.58. The zero-order valence-electron chi connectivity index (χ0n) is 13.2. The van der Waals surface area contributed by atoms with E-state index in [1.807, 2.05) is 0 Å². The summed E-state index contributed by atoms with van der Waals surface area (Å²) in [5, 5.41) is 0. The quantitative estimate of drug-likeness (QED) is 0.797. The Morgan fingerprint density at radius 3 is 2.75 bits per heavy atom. The highest BCUT2D eigenvalue weighted by Gasteiger charge is 2.54. The van der Waals surface area contributed by atoms with Crippen molar-refractivity contribution < 1.29 is 19.0 Å². The molecule has 1 N–H and O–H groups in total. The van der Waals surface area contributed by atoms with Gasteiger partial charge in [-0.2, -0.15) is 0 Å². The van der Waals surface area contributed by atoms with Crippen LogP contribution in [0.2, 0.25) is 0 Å². The zero-order chi connectivity index (χ0) is 16.9. The summed E-state index contributed by atoms with van der Waals surface area (Å²) in [6, 6.07) is 0. The number of fused-ring (bicyclic) bond motifs is 1. The zero-order valence-corrected chi connectivity index (χ0v) is 13.2. The van der Waals surface area contributed by atoms with Crippen molar-refractivity contribution in [3.8, 4) is 0 Å². The molecule has 1 saturated heterocycles. The van der Waals surface area contributed by atoms with Gasteiger partial charge in [0.05, 0.1) is 0 Å². The summed E-state index contributed by atoms with van der Waals surface area (Å²) in [5.74, 6) is -0.276. The van der Waals surface area contributed by atoms with Crippen molar-refractivity contribution in [2.75, 3.05) is 0 Å². The molecule has 0 radical (unpaired) electrons. The minimum absolute atomic E-state index is 0.115. The third kappa shape index (κ3) is 2.21. The number of aromatic amines is 1. The highest BCUT2D eigenvalue weighted by molar-refractivity contribution is 5.65. The molecule has 8 heteroatoms. The maximum absolute atomic E-state index is 12.1. The van der Waals surface area contributed by atoms with Crippen LogP contribution >= 0.6 is 0 Å². The topological polar surface area (TPSA) is 99.6 Å². The van der Waals surface area contributed by atoms with Crippen molar-refractivity contribution in [2.45, 2.75) is 57.0 Å². The summed E-state index contributed by atoms with van der Waals surface area (Å²) in [4.78, 5) is 37.3. The van der Waals surface area contributed by atoms with E-state index < -0.39 is 29.2 Å². The molecule has 2 fully saturated rings. The predicted molar refractivity (Wildman–Crippen MR) is 82.0 cm³/mol. The number of aldehydes is 1. The Morgan fingerprint density at radius 2 is 2.04 bits per heavy atom. The summed E-state index contributed by atoms with van der Waals surface area (Å²) < 4.78 is 18.8. The van der Waals surface area contributed by atoms with Crippen molar-refractivity contribution in [1.82, 2.24) is 9.55 Å². The van der Waals surface area contributed by atoms with Crippen molar-refractivity contribution in [3.05, 3.63) is 38.4 Å². The second-order valence-electron chi connectivity index (χ2n) is 6.44. The van der Waals surface area contributed by atoms with Crippen molar-refractivity contribution >= 4 is 12.2 Å². The lowest BCUT2D eigenvalue weighted by molar-refractivity contribution is -0.194. The van der Waals surface area contributed by atoms with E-state index >= 15 is 0 Å². The molecule has 4 rings (SSSR count). The smallest absolute Gasteiger partial charge is 0.335 e. The predicted octanol–water partition coefficient (Wildman–Crippen LogP) is 0.645. The first-order valence-electron chi connectivity index (χ1n) is 8.09. The van der Waals surface area contributed by atoms with E-state index in [1.54, 1.807) is 6.92 Å². The first kappa shape index (κ1) is 15.2. The molecular weight excluding hydrogens is 316 g/mol. The summed E-state index contributed by atoms with van der Waals surface area (Å²) in [5.41, 5.74) is -0.758. The van der Waals surface area contributed by atoms with Crippen molar-refractivity contribution in [1.29, 1.82) is 0 Å². The molecule has 1 aromatic heterocycles. The second kappa shape index (κ2) is 5.34. The summed E-state index contributed by atoms with van der Waals surface area (Å²) in [7, 11) is 0. The average Bonchev–Trinajstić information content (AvgIpc) is 3.07. The van der Waals surface area contributed by atoms with Gasteiger partial charge in [0.25, 0.3) is 5.56 Å². The first-order valence-corrected chi connectivity index (χ1v) is 8.09. The van der Waals surface area contributed by atoms with Crippen molar-refractivity contribution in [3.63, 3.8) is 0 Å². The van der Waals surface area contributed by atoms with E-state index in [4.69, 9.17) is 14.2 Å². The number of hydrogen-bond acceptors (Lipinski definition) is 6. The molecule has 2 atom stereocenters. The van der Waals surface area contributed by atoms with Crippen LogP contribution in [0.25, 0.3) is 5.88 Å². The van der Waals surface area contributed by atoms with Gasteiger partial charge in [0.2, 0.25) is 11.7 Å². The molecule has 2 aliphatic heterocycles. The Labute approximate surface area is 137 Å². The number of H-pyrrole nitrogens is 1. The maximum atomic E-state index is 12.1. The van der Waals surface area contributed by atoms with Crippen LogP contribution in [0.15, 0.2) is 21.5 Å². The third-order valence-corrected chi connectivity index (χ3v) is 4.74. The number of rotatable bonds is 2. The minimum Gasteiger partial charge on any atom is -0.462 e. The van der Waals surface area contributed by atoms with E-state index in [2.05, 4.69) is 4.98 Å². The Balaban J connectivity index is 1.80. The van der Waals surface area contributed by atoms with Crippen molar-refractivity contribution in [2.24, 2.45) is 0 Å². The van der Waals surface area contributed by atoms with Crippen LogP contribution in [0, 0.1) is 6.92 Å². The molecular formula is C16H18N2O6. The number of nitrogens with one attached hydrogen (secondary N) is 1. The van der Waals surface area contributed by atoms with Crippen LogP contribution in [-0.2, 0) is 19.0 Å². The number of nitrogens with zero attached hydrogens (tertiary/aromatic N) is 1. The van der Waals surface area contributed by atoms with Crippen LogP contribution in [0.3, 0.4) is 0 Å². The van der Waals surface area contributed by atoms with Crippen LogP contribution in [0.4, 0.5) is 0 Å². The van der Waals surface area contributed by atoms with Crippen LogP contribution in [0.5, 0.6) is 0 Å². The Morgan fingerprint density at radius 1 is 1.29 bits per heavy atom. The lowest BCUT2D eigenvalue weighted by Gasteiger charge is -2.32. The SMILES string of the molecule is Cc1cn(C2=C3OC4(CCCCC4)OC3[C@@H](C=O)O2)c(=O)[nH]c1=O. The molecule has 1 aromatic rings. The summed E-state index contributed by atoms with van der Waals surface area (Å²) >= 11 is 0. The van der Waals surface area contributed by atoms with E-state index in [-0.39, 0.29) is 5.88 Å². The molecule has 0 aromatic carbocycles. The fourth-order valence-electron chi connectivity index (χ4n) is 3.50. The second-order valence-corrected chi connectivity index (χ2v) is 6.44. The Bertz CT molecular complexity index is 830. The molecule has 0 amide bonds. The van der Waals surface area contributed by atoms with E-state index in [1.165, 1.54) is 6.20 Å². The van der Waals surface area contributed by atoms with Gasteiger partial charge in [-0.15, -0.1) is 0 Å². The van der Waals surface area contributed by atoms with E-state index in [0.29, 0.717) is 17.6 Å². The van der Waals surface area contributed by atoms with Gasteiger partial charge in [0.1, 0.15) is 0 Å². The number of carbonyl (C=O) groups excluding carboxylic acids is 1. The standard InChI is InChI=1S/C16H18N2O6/c1-9-7-18(15(21)17-13(9)20)14-12-11(10(8-19)22-14)23-16(24-12)5-3-2-4-6-16/h7-8,10-11H,2-6H2,1H3,(H,17,20,21)/t10-,11?/m1/s1. The molecule has 1 saturated carbocycles. The Kier molecular flexibility index (Phi) is 3.38. The number of hydrogen-bond donors (Lipinski definition) is 1. The molecule has 1 unspecified atom stereocenters. The molecule has 24 heavy (non-hydrogen) atoms.